The van der Waals surface area contributed by atoms with E-state index in [9.17, 15) is 23.9 Å². The molecule has 0 saturated heterocycles. The largest absolute Gasteiger partial charge is 0.464 e. The van der Waals surface area contributed by atoms with E-state index in [1.165, 1.54) is 47.6 Å². The summed E-state index contributed by atoms with van der Waals surface area (Å²) in [7, 11) is 1.55. The van der Waals surface area contributed by atoms with Crippen LogP contribution in [0, 0.1) is 5.82 Å². The molecule has 9 nitrogen and oxygen atoms in total. The molecule has 0 saturated carbocycles. The summed E-state index contributed by atoms with van der Waals surface area (Å²) in [5, 5.41) is 9.55. The Morgan fingerprint density at radius 2 is 1.83 bits per heavy atom. The van der Waals surface area contributed by atoms with E-state index in [2.05, 4.69) is 4.98 Å². The lowest BCUT2D eigenvalue weighted by Crippen LogP contribution is -2.37. The third-order valence-corrected chi connectivity index (χ3v) is 4.90. The topological polar surface area (TPSA) is 111 Å². The highest BCUT2D eigenvalue weighted by Gasteiger charge is 2.27. The Balaban J connectivity index is 1.86. The minimum absolute atomic E-state index is 0.0643. The van der Waals surface area contributed by atoms with Crippen molar-refractivity contribution in [1.82, 2.24) is 14.5 Å². The van der Waals surface area contributed by atoms with Crippen molar-refractivity contribution in [1.29, 1.82) is 0 Å². The van der Waals surface area contributed by atoms with Crippen molar-refractivity contribution in [3.63, 3.8) is 0 Å². The maximum atomic E-state index is 13.4. The van der Waals surface area contributed by atoms with Gasteiger partial charge in [0, 0.05) is 26.0 Å². The maximum Gasteiger partial charge on any atom is 0.417 e. The van der Waals surface area contributed by atoms with Crippen LogP contribution in [0.1, 0.15) is 48.4 Å². The molecule has 0 aliphatic rings. The Bertz CT molecular complexity index is 1220. The van der Waals surface area contributed by atoms with E-state index in [4.69, 9.17) is 9.47 Å². The lowest BCUT2D eigenvalue weighted by atomic mass is 9.97. The van der Waals surface area contributed by atoms with Gasteiger partial charge in [-0.2, -0.15) is 0 Å². The second-order valence-electron chi connectivity index (χ2n) is 8.82. The molecule has 0 spiro atoms. The van der Waals surface area contributed by atoms with Gasteiger partial charge in [0.1, 0.15) is 23.0 Å². The summed E-state index contributed by atoms with van der Waals surface area (Å²) in [4.78, 5) is 42.1. The number of carbonyl (C=O) groups is 3. The van der Waals surface area contributed by atoms with Gasteiger partial charge in [-0.15, -0.1) is 0 Å². The number of halogens is 1. The molecule has 0 aliphatic heterocycles. The van der Waals surface area contributed by atoms with E-state index >= 15 is 0 Å². The maximum absolute atomic E-state index is 13.4. The van der Waals surface area contributed by atoms with E-state index in [0.717, 1.165) is 10.6 Å². The molecule has 3 aromatic rings. The molecule has 1 aromatic heterocycles. The van der Waals surface area contributed by atoms with Crippen LogP contribution in [0.3, 0.4) is 0 Å². The summed E-state index contributed by atoms with van der Waals surface area (Å²) in [5.74, 6) is -1.49. The minimum atomic E-state index is -1.22. The van der Waals surface area contributed by atoms with Crippen molar-refractivity contribution < 1.29 is 33.4 Å². The van der Waals surface area contributed by atoms with Gasteiger partial charge >= 0.3 is 18.2 Å². The molecule has 0 bridgehead atoms. The molecule has 2 aromatic carbocycles. The first-order chi connectivity index (χ1) is 16.4. The van der Waals surface area contributed by atoms with Crippen molar-refractivity contribution in [2.45, 2.75) is 32.3 Å². The van der Waals surface area contributed by atoms with Crippen LogP contribution in [0.4, 0.5) is 14.0 Å². The summed E-state index contributed by atoms with van der Waals surface area (Å²) in [5.41, 5.74) is -0.0119. The second kappa shape index (κ2) is 10.4. The van der Waals surface area contributed by atoms with Crippen molar-refractivity contribution in [2.75, 3.05) is 13.6 Å². The van der Waals surface area contributed by atoms with Crippen LogP contribution < -0.4 is 4.74 Å². The molecule has 1 unspecified atom stereocenters. The van der Waals surface area contributed by atoms with E-state index in [0.29, 0.717) is 5.56 Å². The van der Waals surface area contributed by atoms with Gasteiger partial charge < -0.3 is 19.5 Å². The molecular formula is C25H26FN3O6. The van der Waals surface area contributed by atoms with Gasteiger partial charge in [0.15, 0.2) is 0 Å². The number of nitrogens with zero attached hydrogens (tertiary/aromatic N) is 3. The first-order valence-electron chi connectivity index (χ1n) is 10.7. The smallest absolute Gasteiger partial charge is 0.417 e. The molecule has 35 heavy (non-hydrogen) atoms. The lowest BCUT2D eigenvalue weighted by molar-refractivity contribution is 0.0292. The summed E-state index contributed by atoms with van der Waals surface area (Å²) in [6.07, 6.45) is 0.881. The van der Waals surface area contributed by atoms with E-state index in [1.54, 1.807) is 40.0 Å². The van der Waals surface area contributed by atoms with Gasteiger partial charge in [-0.1, -0.05) is 18.2 Å². The number of amides is 1. The molecule has 0 fully saturated rings. The third kappa shape index (κ3) is 6.66. The molecule has 184 valence electrons. The Morgan fingerprint density at radius 3 is 2.43 bits per heavy atom. The average molecular weight is 483 g/mol. The predicted molar refractivity (Wildman–Crippen MR) is 124 cm³/mol. The Labute approximate surface area is 201 Å². The summed E-state index contributed by atoms with van der Waals surface area (Å²) in [6, 6.07) is 11.5. The quantitative estimate of drug-likeness (QED) is 0.397. The third-order valence-electron chi connectivity index (χ3n) is 4.90. The number of hydrogen-bond donors (Lipinski definition) is 1. The molecule has 1 heterocycles. The summed E-state index contributed by atoms with van der Waals surface area (Å²) >= 11 is 0. The van der Waals surface area contributed by atoms with Crippen LogP contribution in [-0.2, 0) is 4.74 Å². The van der Waals surface area contributed by atoms with Crippen LogP contribution in [0.2, 0.25) is 0 Å². The number of aromatic nitrogens is 2. The van der Waals surface area contributed by atoms with Crippen molar-refractivity contribution in [3.8, 4) is 5.75 Å². The molecular weight excluding hydrogens is 457 g/mol. The second-order valence-corrected chi connectivity index (χ2v) is 8.82. The Kier molecular flexibility index (Phi) is 7.53. The highest BCUT2D eigenvalue weighted by atomic mass is 19.1. The first kappa shape index (κ1) is 25.4. The van der Waals surface area contributed by atoms with Gasteiger partial charge in [0.2, 0.25) is 0 Å². The van der Waals surface area contributed by atoms with Crippen molar-refractivity contribution in [2.24, 2.45) is 0 Å². The van der Waals surface area contributed by atoms with Crippen molar-refractivity contribution in [3.05, 3.63) is 83.7 Å². The normalized spacial score (nSPS) is 12.0. The van der Waals surface area contributed by atoms with E-state index < -0.39 is 35.5 Å². The number of likely N-dealkylation sites (N-methyl/N-ethyl adjacent to an activating group) is 1. The van der Waals surface area contributed by atoms with Gasteiger partial charge in [-0.05, 0) is 56.7 Å². The predicted octanol–water partition coefficient (Wildman–Crippen LogP) is 4.77. The standard InChI is InChI=1S/C25H26FN3O6/c1-25(2,3)35-24(33)28(4)15-20(21-27-12-13-29(21)23(31)32)16-8-10-19(11-9-16)34-22(30)17-6-5-7-18(26)14-17/h5-14,20H,15H2,1-4H3,(H,31,32). The zero-order valence-electron chi connectivity index (χ0n) is 19.8. The van der Waals surface area contributed by atoms with Crippen LogP contribution in [0.5, 0.6) is 5.75 Å². The van der Waals surface area contributed by atoms with Crippen LogP contribution in [0.25, 0.3) is 0 Å². The number of carboxylic acid groups (broad SMARTS) is 1. The fourth-order valence-corrected chi connectivity index (χ4v) is 3.31. The molecule has 0 aliphatic carbocycles. The average Bonchev–Trinajstić information content (AvgIpc) is 3.27. The first-order valence-corrected chi connectivity index (χ1v) is 10.7. The number of ether oxygens (including phenoxy) is 2. The molecule has 10 heteroatoms. The van der Waals surface area contributed by atoms with Crippen molar-refractivity contribution >= 4 is 18.2 Å². The summed E-state index contributed by atoms with van der Waals surface area (Å²) in [6.45, 7) is 5.31. The monoisotopic (exact) mass is 483 g/mol. The number of carbonyl (C=O) groups excluding carboxylic acids is 2. The number of esters is 1. The minimum Gasteiger partial charge on any atom is -0.464 e. The summed E-state index contributed by atoms with van der Waals surface area (Å²) < 4.78 is 25.1. The van der Waals surface area contributed by atoms with Crippen LogP contribution in [-0.4, -0.2) is 56.9 Å². The van der Waals surface area contributed by atoms with Crippen LogP contribution >= 0.6 is 0 Å². The lowest BCUT2D eigenvalue weighted by Gasteiger charge is -2.27. The fraction of sp³-hybridized carbons (Fsp3) is 0.280. The highest BCUT2D eigenvalue weighted by Crippen LogP contribution is 2.27. The van der Waals surface area contributed by atoms with Gasteiger partial charge in [-0.25, -0.2) is 28.3 Å². The number of rotatable bonds is 6. The zero-order valence-corrected chi connectivity index (χ0v) is 19.8. The fourth-order valence-electron chi connectivity index (χ4n) is 3.31. The number of imidazole rings is 1. The van der Waals surface area contributed by atoms with Gasteiger partial charge in [0.05, 0.1) is 11.5 Å². The SMILES string of the molecule is CN(CC(c1ccc(OC(=O)c2cccc(F)c2)cc1)c1nccn1C(=O)O)C(=O)OC(C)(C)C. The zero-order chi connectivity index (χ0) is 25.8. The van der Waals surface area contributed by atoms with E-state index in [-0.39, 0.29) is 23.7 Å². The molecule has 0 radical (unpaired) electrons. The number of benzene rings is 2. The molecule has 1 amide bonds. The molecule has 1 atom stereocenters. The van der Waals surface area contributed by atoms with E-state index in [1.807, 2.05) is 0 Å². The van der Waals surface area contributed by atoms with Gasteiger partial charge in [0.25, 0.3) is 0 Å². The Morgan fingerprint density at radius 1 is 1.14 bits per heavy atom. The van der Waals surface area contributed by atoms with Crippen LogP contribution in [0.15, 0.2) is 60.9 Å². The molecule has 1 N–H and O–H groups in total. The molecule has 3 rings (SSSR count). The number of hydrogen-bond acceptors (Lipinski definition) is 6. The Hall–Kier alpha value is -4.21. The van der Waals surface area contributed by atoms with Gasteiger partial charge in [-0.3, -0.25) is 0 Å². The highest BCUT2D eigenvalue weighted by molar-refractivity contribution is 5.91.